The number of hydrogen-bond donors (Lipinski definition) is 12. The molecule has 3 fully saturated rings. The minimum atomic E-state index is -1.98. The number of ether oxygens (including phenoxy) is 6. The van der Waals surface area contributed by atoms with Crippen LogP contribution in [0.1, 0.15) is 239 Å². The fraction of sp³-hybridized carbons (Fsp3) is 0.734. The third kappa shape index (κ3) is 39.0. The van der Waals surface area contributed by atoms with Gasteiger partial charge in [-0.3, -0.25) is 4.79 Å². The lowest BCUT2D eigenvalue weighted by molar-refractivity contribution is -0.379. The largest absolute Gasteiger partial charge is 0.394 e. The van der Waals surface area contributed by atoms with Gasteiger partial charge in [-0.25, -0.2) is 0 Å². The number of aliphatic hydroxyl groups is 11. The SMILES string of the molecule is CC/C=C\C/C=C\C/C=C\C/C=C\C/C=C\C/C=C\C/C=C\C/C=C\CCCCCCCCCCCCCCCCCCC(=O)NC(COC1OC(CO)C(OC2OC(CO)C(OC3OC(CO)C(O)C(O)C3O)C(O)C2O)C(O)C1O)C(O)/C=C/CC/C=C/CCCCCCCC. The lowest BCUT2D eigenvalue weighted by Gasteiger charge is -2.48. The van der Waals surface area contributed by atoms with Gasteiger partial charge in [0.1, 0.15) is 73.2 Å². The lowest BCUT2D eigenvalue weighted by Crippen LogP contribution is -2.66. The van der Waals surface area contributed by atoms with Crippen LogP contribution in [0.4, 0.5) is 0 Å². The van der Waals surface area contributed by atoms with Gasteiger partial charge >= 0.3 is 0 Å². The van der Waals surface area contributed by atoms with Crippen molar-refractivity contribution < 1.29 is 89.4 Å². The molecule has 19 heteroatoms. The van der Waals surface area contributed by atoms with Crippen molar-refractivity contribution in [2.75, 3.05) is 26.4 Å². The number of carbonyl (C=O) groups excluding carboxylic acids is 1. The number of unbranched alkanes of at least 4 members (excludes halogenated alkanes) is 23. The maximum Gasteiger partial charge on any atom is 0.220 e. The summed E-state index contributed by atoms with van der Waals surface area (Å²) < 4.78 is 34.3. The second kappa shape index (κ2) is 58.7. The van der Waals surface area contributed by atoms with Gasteiger partial charge < -0.3 is 89.9 Å². The van der Waals surface area contributed by atoms with Crippen LogP contribution in [0.3, 0.4) is 0 Å². The van der Waals surface area contributed by atoms with Crippen molar-refractivity contribution in [1.82, 2.24) is 5.32 Å². The van der Waals surface area contributed by atoms with E-state index >= 15 is 0 Å². The standard InChI is InChI=1S/C79H133NO18/c1-3-5-7-9-11-13-15-17-18-19-20-21-22-23-24-25-26-27-28-29-30-31-32-33-34-35-36-37-38-39-40-41-42-43-44-45-47-49-51-53-55-57-67(85)80-62(63(84)56-54-52-50-48-46-16-14-12-10-8-6-4-2)61-93-77-73(91)70(88)75(65(59-82)95-77)98-79-74(92)71(89)76(66(60-83)96-79)97-78-72(90)69(87)68(86)64(58-81)94-78/h5,7,11,13,17-18,20-21,23-24,26-27,29-30,32-33,46,48,54,56,62-66,68-79,81-84,86-92H,3-4,6,8-10,12,14-16,19,22,25,28,31,34-45,47,49-53,55,57-61H2,1-2H3,(H,80,85)/b7-5-,13-11-,18-17-,21-20-,24-23-,27-26-,30-29-,33-32-,48-46+,56-54+. The van der Waals surface area contributed by atoms with Crippen molar-refractivity contribution >= 4 is 5.91 Å². The van der Waals surface area contributed by atoms with Crippen LogP contribution in [0.5, 0.6) is 0 Å². The second-order valence-corrected chi connectivity index (χ2v) is 26.4. The summed E-state index contributed by atoms with van der Waals surface area (Å²) in [4.78, 5) is 13.4. The normalized spacial score (nSPS) is 27.5. The summed E-state index contributed by atoms with van der Waals surface area (Å²) in [6.07, 6.45) is 55.0. The van der Waals surface area contributed by atoms with Crippen molar-refractivity contribution in [3.63, 3.8) is 0 Å². The van der Waals surface area contributed by atoms with E-state index in [-0.39, 0.29) is 18.9 Å². The number of rotatable bonds is 57. The molecule has 12 N–H and O–H groups in total. The Morgan fingerprint density at radius 2 is 0.714 bits per heavy atom. The van der Waals surface area contributed by atoms with Crippen molar-refractivity contribution in [1.29, 1.82) is 0 Å². The average Bonchev–Trinajstić information content (AvgIpc) is 0.785. The number of carbonyl (C=O) groups is 1. The molecule has 0 spiro atoms. The Morgan fingerprint density at radius 1 is 0.378 bits per heavy atom. The van der Waals surface area contributed by atoms with Crippen molar-refractivity contribution in [3.05, 3.63) is 122 Å². The van der Waals surface area contributed by atoms with Crippen LogP contribution in [0.25, 0.3) is 0 Å². The van der Waals surface area contributed by atoms with Crippen LogP contribution in [0.2, 0.25) is 0 Å². The number of allylic oxidation sites excluding steroid dienone is 19. The van der Waals surface area contributed by atoms with Crippen LogP contribution < -0.4 is 5.32 Å². The molecule has 1 amide bonds. The first-order valence-corrected chi connectivity index (χ1v) is 37.8. The van der Waals surface area contributed by atoms with E-state index in [1.165, 1.54) is 116 Å². The van der Waals surface area contributed by atoms with E-state index in [0.29, 0.717) is 12.8 Å². The molecule has 3 aliphatic heterocycles. The molecule has 0 aromatic carbocycles. The van der Waals surface area contributed by atoms with Crippen LogP contribution in [-0.4, -0.2) is 193 Å². The lowest BCUT2D eigenvalue weighted by atomic mass is 9.96. The van der Waals surface area contributed by atoms with Gasteiger partial charge in [-0.05, 0) is 96.3 Å². The van der Waals surface area contributed by atoms with Crippen LogP contribution in [-0.2, 0) is 33.2 Å². The number of amides is 1. The zero-order chi connectivity index (χ0) is 71.1. The summed E-state index contributed by atoms with van der Waals surface area (Å²) in [5, 5.41) is 120. The van der Waals surface area contributed by atoms with Crippen LogP contribution >= 0.6 is 0 Å². The summed E-state index contributed by atoms with van der Waals surface area (Å²) in [6, 6.07) is -0.995. The first-order valence-electron chi connectivity index (χ1n) is 37.8. The molecule has 0 aliphatic carbocycles. The molecular formula is C79H133NO18. The second-order valence-electron chi connectivity index (χ2n) is 26.4. The quantitative estimate of drug-likeness (QED) is 0.0199. The molecule has 3 aliphatic rings. The summed E-state index contributed by atoms with van der Waals surface area (Å²) >= 11 is 0. The van der Waals surface area contributed by atoms with E-state index in [4.69, 9.17) is 28.4 Å². The van der Waals surface area contributed by atoms with Gasteiger partial charge in [-0.2, -0.15) is 0 Å². The molecule has 0 radical (unpaired) electrons. The monoisotopic (exact) mass is 1380 g/mol. The number of aliphatic hydroxyl groups excluding tert-OH is 11. The Kier molecular flexibility index (Phi) is 52.9. The molecule has 0 aromatic heterocycles. The van der Waals surface area contributed by atoms with Crippen molar-refractivity contribution in [3.8, 4) is 0 Å². The zero-order valence-electron chi connectivity index (χ0n) is 59.7. The van der Waals surface area contributed by atoms with Gasteiger partial charge in [0.15, 0.2) is 18.9 Å². The van der Waals surface area contributed by atoms with Gasteiger partial charge in [0.05, 0.1) is 38.6 Å². The minimum absolute atomic E-state index is 0.230. The highest BCUT2D eigenvalue weighted by molar-refractivity contribution is 5.76. The van der Waals surface area contributed by atoms with E-state index in [2.05, 4.69) is 129 Å². The molecule has 19 nitrogen and oxygen atoms in total. The Morgan fingerprint density at radius 3 is 1.14 bits per heavy atom. The molecule has 17 unspecified atom stereocenters. The fourth-order valence-electron chi connectivity index (χ4n) is 11.9. The highest BCUT2D eigenvalue weighted by Crippen LogP contribution is 2.33. The zero-order valence-corrected chi connectivity index (χ0v) is 59.7. The predicted octanol–water partition coefficient (Wildman–Crippen LogP) is 11.6. The topological polar surface area (TPSA) is 307 Å². The van der Waals surface area contributed by atoms with Gasteiger partial charge in [0.25, 0.3) is 0 Å². The van der Waals surface area contributed by atoms with Crippen LogP contribution in [0, 0.1) is 0 Å². The molecule has 3 heterocycles. The summed E-state index contributed by atoms with van der Waals surface area (Å²) in [7, 11) is 0. The molecule has 562 valence electrons. The first kappa shape index (κ1) is 88.4. The van der Waals surface area contributed by atoms with Crippen molar-refractivity contribution in [2.45, 2.75) is 343 Å². The molecule has 0 bridgehead atoms. The maximum atomic E-state index is 13.4. The maximum absolute atomic E-state index is 13.4. The summed E-state index contributed by atoms with van der Waals surface area (Å²) in [5.74, 6) is -0.290. The Balaban J connectivity index is 1.30. The Hall–Kier alpha value is -3.81. The minimum Gasteiger partial charge on any atom is -0.394 e. The fourth-order valence-corrected chi connectivity index (χ4v) is 11.9. The van der Waals surface area contributed by atoms with Crippen LogP contribution in [0.15, 0.2) is 122 Å². The highest BCUT2D eigenvalue weighted by Gasteiger charge is 2.53. The molecule has 3 saturated heterocycles. The predicted molar refractivity (Wildman–Crippen MR) is 387 cm³/mol. The molecule has 17 atom stereocenters. The number of nitrogens with one attached hydrogen (secondary N) is 1. The van der Waals surface area contributed by atoms with E-state index in [0.717, 1.165) is 89.9 Å². The molecule has 0 aromatic rings. The van der Waals surface area contributed by atoms with E-state index in [9.17, 15) is 61.0 Å². The summed E-state index contributed by atoms with van der Waals surface area (Å²) in [5.41, 5.74) is 0. The van der Waals surface area contributed by atoms with E-state index in [1.807, 2.05) is 6.08 Å². The van der Waals surface area contributed by atoms with Gasteiger partial charge in [0, 0.05) is 6.42 Å². The van der Waals surface area contributed by atoms with Crippen molar-refractivity contribution in [2.24, 2.45) is 0 Å². The average molecular weight is 1380 g/mol. The Labute approximate surface area is 588 Å². The molecule has 98 heavy (non-hydrogen) atoms. The van der Waals surface area contributed by atoms with E-state index < -0.39 is 124 Å². The highest BCUT2D eigenvalue weighted by atomic mass is 16.8. The third-order valence-electron chi connectivity index (χ3n) is 18.0. The third-order valence-corrected chi connectivity index (χ3v) is 18.0. The molecular weight excluding hydrogens is 1250 g/mol. The molecule has 0 saturated carbocycles. The van der Waals surface area contributed by atoms with Gasteiger partial charge in [0.2, 0.25) is 5.91 Å². The smallest absolute Gasteiger partial charge is 0.220 e. The number of hydrogen-bond acceptors (Lipinski definition) is 18. The summed E-state index contributed by atoms with van der Waals surface area (Å²) in [6.45, 7) is 1.56. The van der Waals surface area contributed by atoms with Gasteiger partial charge in [-0.15, -0.1) is 0 Å². The Bertz CT molecular complexity index is 2250. The van der Waals surface area contributed by atoms with Gasteiger partial charge in [-0.1, -0.05) is 257 Å². The first-order chi connectivity index (χ1) is 47.8. The molecule has 3 rings (SSSR count). The van der Waals surface area contributed by atoms with E-state index in [1.54, 1.807) is 6.08 Å².